The smallest absolute Gasteiger partial charge is 0.0701 e. The fourth-order valence-electron chi connectivity index (χ4n) is 2.45. The molecule has 0 saturated carbocycles. The van der Waals surface area contributed by atoms with Gasteiger partial charge < -0.3 is 37.9 Å². The number of hydrogen-bond acceptors (Lipinski definition) is 9. The lowest BCUT2D eigenvalue weighted by Gasteiger charge is -2.22. The van der Waals surface area contributed by atoms with Gasteiger partial charge in [-0.05, 0) is 20.8 Å². The number of hydrogen-bond donors (Lipinski definition) is 0. The predicted octanol–water partition coefficient (Wildman–Crippen LogP) is 1.48. The second kappa shape index (κ2) is 27.7. The minimum atomic E-state index is 0.583. The third kappa shape index (κ3) is 25.8. The Balaban J connectivity index is 3.79. The molecule has 0 bridgehead atoms. The van der Waals surface area contributed by atoms with Crippen molar-refractivity contribution in [2.75, 3.05) is 125 Å². The van der Waals surface area contributed by atoms with Crippen LogP contribution in [0.25, 0.3) is 0 Å². The van der Waals surface area contributed by atoms with Gasteiger partial charge in [-0.3, -0.25) is 4.90 Å². The zero-order valence-electron chi connectivity index (χ0n) is 20.1. The molecular weight excluding hydrogens is 406 g/mol. The molecule has 31 heavy (non-hydrogen) atoms. The van der Waals surface area contributed by atoms with Crippen LogP contribution in [0.4, 0.5) is 0 Å². The molecule has 9 heteroatoms. The highest BCUT2D eigenvalue weighted by atomic mass is 16.6. The monoisotopic (exact) mass is 453 g/mol. The summed E-state index contributed by atoms with van der Waals surface area (Å²) >= 11 is 0. The fourth-order valence-corrected chi connectivity index (χ4v) is 2.45. The van der Waals surface area contributed by atoms with E-state index in [0.29, 0.717) is 85.9 Å². The molecule has 0 aromatic carbocycles. The first-order chi connectivity index (χ1) is 15.3. The van der Waals surface area contributed by atoms with Crippen molar-refractivity contribution in [2.24, 2.45) is 0 Å². The van der Waals surface area contributed by atoms with Crippen molar-refractivity contribution in [1.82, 2.24) is 4.90 Å². The van der Waals surface area contributed by atoms with E-state index in [-0.39, 0.29) is 0 Å². The van der Waals surface area contributed by atoms with Gasteiger partial charge in [0.1, 0.15) is 0 Å². The predicted molar refractivity (Wildman–Crippen MR) is 120 cm³/mol. The summed E-state index contributed by atoms with van der Waals surface area (Å²) in [5.41, 5.74) is 0. The number of nitrogens with zero attached hydrogens (tertiary/aromatic N) is 1. The molecule has 0 atom stereocenters. The highest BCUT2D eigenvalue weighted by molar-refractivity contribution is 4.57. The van der Waals surface area contributed by atoms with Crippen molar-refractivity contribution in [3.63, 3.8) is 0 Å². The highest BCUT2D eigenvalue weighted by Crippen LogP contribution is 1.93. The van der Waals surface area contributed by atoms with E-state index in [9.17, 15) is 0 Å². The summed E-state index contributed by atoms with van der Waals surface area (Å²) < 4.78 is 43.6. The van der Waals surface area contributed by atoms with Gasteiger partial charge in [-0.2, -0.15) is 0 Å². The first-order valence-corrected chi connectivity index (χ1v) is 11.7. The summed E-state index contributed by atoms with van der Waals surface area (Å²) in [6.45, 7) is 18.6. The second-order valence-corrected chi connectivity index (χ2v) is 6.49. The average molecular weight is 454 g/mol. The van der Waals surface area contributed by atoms with Gasteiger partial charge in [-0.1, -0.05) is 0 Å². The molecule has 0 aromatic heterocycles. The highest BCUT2D eigenvalue weighted by Gasteiger charge is 2.05. The summed E-state index contributed by atoms with van der Waals surface area (Å²) in [6.07, 6.45) is 0. The van der Waals surface area contributed by atoms with Gasteiger partial charge in [-0.15, -0.1) is 0 Å². The maximum atomic E-state index is 5.68. The zero-order chi connectivity index (χ0) is 22.7. The summed E-state index contributed by atoms with van der Waals surface area (Å²) in [5.74, 6) is 0. The molecule has 0 rings (SSSR count). The molecule has 0 amide bonds. The Morgan fingerprint density at radius 1 is 0.323 bits per heavy atom. The van der Waals surface area contributed by atoms with Crippen LogP contribution in [0.3, 0.4) is 0 Å². The van der Waals surface area contributed by atoms with Crippen LogP contribution >= 0.6 is 0 Å². The molecular formula is C22H47NO8. The van der Waals surface area contributed by atoms with Crippen LogP contribution in [0.1, 0.15) is 20.8 Å². The topological polar surface area (TPSA) is 77.1 Å². The molecule has 0 N–H and O–H groups in total. The molecule has 0 fully saturated rings. The van der Waals surface area contributed by atoms with Crippen LogP contribution in [-0.2, 0) is 37.9 Å². The minimum absolute atomic E-state index is 0.583. The van der Waals surface area contributed by atoms with Crippen molar-refractivity contribution < 1.29 is 37.9 Å². The molecule has 0 aliphatic heterocycles. The van der Waals surface area contributed by atoms with Crippen molar-refractivity contribution in [3.8, 4) is 0 Å². The van der Waals surface area contributed by atoms with Crippen molar-refractivity contribution in [1.29, 1.82) is 0 Å². The van der Waals surface area contributed by atoms with Crippen molar-refractivity contribution in [2.45, 2.75) is 20.8 Å². The third-order valence-electron chi connectivity index (χ3n) is 4.13. The van der Waals surface area contributed by atoms with E-state index in [4.69, 9.17) is 37.9 Å². The second-order valence-electron chi connectivity index (χ2n) is 6.49. The van der Waals surface area contributed by atoms with Crippen molar-refractivity contribution in [3.05, 3.63) is 0 Å². The Hall–Kier alpha value is -0.360. The normalized spacial score (nSPS) is 11.6. The van der Waals surface area contributed by atoms with Gasteiger partial charge in [0.15, 0.2) is 0 Å². The van der Waals surface area contributed by atoms with Gasteiger partial charge >= 0.3 is 0 Å². The van der Waals surface area contributed by atoms with Gasteiger partial charge in [0.2, 0.25) is 0 Å². The summed E-state index contributed by atoms with van der Waals surface area (Å²) in [5, 5.41) is 0. The number of ether oxygens (including phenoxy) is 8. The molecule has 0 aliphatic rings. The molecule has 9 nitrogen and oxygen atoms in total. The van der Waals surface area contributed by atoms with E-state index < -0.39 is 0 Å². The number of rotatable bonds is 27. The lowest BCUT2D eigenvalue weighted by atomic mass is 10.4. The molecule has 0 aromatic rings. The SMILES string of the molecule is CCOCCOCCOCCN(CCOCCOCC)CCOCCOCCOCC. The summed E-state index contributed by atoms with van der Waals surface area (Å²) in [6, 6.07) is 0. The maximum Gasteiger partial charge on any atom is 0.0701 e. The third-order valence-corrected chi connectivity index (χ3v) is 4.13. The Bertz CT molecular complexity index is 304. The maximum absolute atomic E-state index is 5.68. The van der Waals surface area contributed by atoms with Gasteiger partial charge in [-0.25, -0.2) is 0 Å². The van der Waals surface area contributed by atoms with Gasteiger partial charge in [0.25, 0.3) is 0 Å². The standard InChI is InChI=1S/C22H47NO8/c1-4-24-13-16-27-10-7-23(8-11-28-19-21-30-17-14-25-5-2)9-12-29-20-22-31-18-15-26-6-3/h4-22H2,1-3H3. The quantitative estimate of drug-likeness (QED) is 0.172. The van der Waals surface area contributed by atoms with E-state index in [1.54, 1.807) is 0 Å². The van der Waals surface area contributed by atoms with E-state index in [1.165, 1.54) is 0 Å². The zero-order valence-corrected chi connectivity index (χ0v) is 20.1. The summed E-state index contributed by atoms with van der Waals surface area (Å²) in [4.78, 5) is 2.28. The lowest BCUT2D eigenvalue weighted by molar-refractivity contribution is -0.00135. The average Bonchev–Trinajstić information content (AvgIpc) is 2.78. The molecule has 0 aliphatic carbocycles. The van der Waals surface area contributed by atoms with E-state index in [2.05, 4.69) is 4.90 Å². The molecule has 0 radical (unpaired) electrons. The fraction of sp³-hybridized carbons (Fsp3) is 1.00. The van der Waals surface area contributed by atoms with E-state index in [0.717, 1.165) is 39.5 Å². The van der Waals surface area contributed by atoms with Gasteiger partial charge in [0, 0.05) is 39.5 Å². The molecule has 0 heterocycles. The molecule has 0 saturated heterocycles. The molecule has 188 valence electrons. The van der Waals surface area contributed by atoms with Crippen LogP contribution in [0.5, 0.6) is 0 Å². The Morgan fingerprint density at radius 3 is 0.806 bits per heavy atom. The van der Waals surface area contributed by atoms with Crippen LogP contribution in [-0.4, -0.2) is 130 Å². The summed E-state index contributed by atoms with van der Waals surface area (Å²) in [7, 11) is 0. The van der Waals surface area contributed by atoms with Crippen molar-refractivity contribution >= 4 is 0 Å². The Labute approximate surface area is 189 Å². The van der Waals surface area contributed by atoms with Crippen LogP contribution in [0.2, 0.25) is 0 Å². The lowest BCUT2D eigenvalue weighted by Crippen LogP contribution is -2.34. The largest absolute Gasteiger partial charge is 0.379 e. The Kier molecular flexibility index (Phi) is 27.4. The first-order valence-electron chi connectivity index (χ1n) is 11.7. The van der Waals surface area contributed by atoms with Crippen LogP contribution in [0.15, 0.2) is 0 Å². The molecule has 0 spiro atoms. The van der Waals surface area contributed by atoms with Crippen LogP contribution < -0.4 is 0 Å². The van der Waals surface area contributed by atoms with E-state index >= 15 is 0 Å². The van der Waals surface area contributed by atoms with E-state index in [1.807, 2.05) is 20.8 Å². The Morgan fingerprint density at radius 2 is 0.548 bits per heavy atom. The van der Waals surface area contributed by atoms with Crippen LogP contribution in [0, 0.1) is 0 Å². The minimum Gasteiger partial charge on any atom is -0.379 e. The van der Waals surface area contributed by atoms with Gasteiger partial charge in [0.05, 0.1) is 85.9 Å². The molecule has 0 unspecified atom stereocenters. The first kappa shape index (κ1) is 30.6.